The Kier molecular flexibility index (Phi) is 8.22. The molecule has 186 valence electrons. The van der Waals surface area contributed by atoms with Crippen molar-refractivity contribution in [2.24, 2.45) is 4.99 Å². The van der Waals surface area contributed by atoms with Crippen LogP contribution in [-0.2, 0) is 16.0 Å². The van der Waals surface area contributed by atoms with Crippen LogP contribution in [0, 0.1) is 5.82 Å². The molecule has 3 aromatic carbocycles. The van der Waals surface area contributed by atoms with Gasteiger partial charge in [-0.3, -0.25) is 14.5 Å². The molecule has 1 N–H and O–H groups in total. The SMILES string of the molecule is COc1ccc(CCN2C(=O)CC(C(=O)Nc3ccccc3F)SC2=Nc2ccccc2)cc1OC. The fourth-order valence-electron chi connectivity index (χ4n) is 3.73. The van der Waals surface area contributed by atoms with Gasteiger partial charge in [-0.25, -0.2) is 9.38 Å². The zero-order valence-electron chi connectivity index (χ0n) is 19.9. The van der Waals surface area contributed by atoms with Gasteiger partial charge in [-0.05, 0) is 48.4 Å². The minimum absolute atomic E-state index is 0.0231. The molecular weight excluding hydrogens is 481 g/mol. The third-order valence-corrected chi connectivity index (χ3v) is 6.80. The number of aliphatic imine (C=N–C) groups is 1. The van der Waals surface area contributed by atoms with Crippen molar-refractivity contribution < 1.29 is 23.5 Å². The van der Waals surface area contributed by atoms with Crippen molar-refractivity contribution in [2.75, 3.05) is 26.1 Å². The van der Waals surface area contributed by atoms with Gasteiger partial charge in [0.15, 0.2) is 16.7 Å². The fourth-order valence-corrected chi connectivity index (χ4v) is 4.85. The van der Waals surface area contributed by atoms with Crippen LogP contribution in [0.4, 0.5) is 15.8 Å². The van der Waals surface area contributed by atoms with Crippen LogP contribution in [0.5, 0.6) is 11.5 Å². The maximum absolute atomic E-state index is 14.0. The Bertz CT molecular complexity index is 1270. The van der Waals surface area contributed by atoms with Crippen molar-refractivity contribution in [3.05, 3.63) is 84.2 Å². The van der Waals surface area contributed by atoms with Crippen LogP contribution >= 0.6 is 11.8 Å². The molecule has 0 aliphatic carbocycles. The summed E-state index contributed by atoms with van der Waals surface area (Å²) in [5.41, 5.74) is 1.70. The van der Waals surface area contributed by atoms with Crippen molar-refractivity contribution in [3.8, 4) is 11.5 Å². The van der Waals surface area contributed by atoms with Gasteiger partial charge in [-0.2, -0.15) is 0 Å². The van der Waals surface area contributed by atoms with Gasteiger partial charge in [-0.1, -0.05) is 48.2 Å². The number of rotatable bonds is 8. The van der Waals surface area contributed by atoms with Crippen LogP contribution in [0.25, 0.3) is 0 Å². The summed E-state index contributed by atoms with van der Waals surface area (Å²) >= 11 is 1.20. The molecule has 7 nitrogen and oxygen atoms in total. The summed E-state index contributed by atoms with van der Waals surface area (Å²) < 4.78 is 24.7. The first kappa shape index (κ1) is 25.2. The van der Waals surface area contributed by atoms with Crippen LogP contribution in [0.1, 0.15) is 12.0 Å². The van der Waals surface area contributed by atoms with E-state index in [-0.39, 0.29) is 18.0 Å². The summed E-state index contributed by atoms with van der Waals surface area (Å²) in [5, 5.41) is 2.28. The molecule has 9 heteroatoms. The standard InChI is InChI=1S/C27H26FN3O4S/c1-34-22-13-12-18(16-23(22)35-2)14-15-31-25(32)17-24(26(33)30-21-11-7-6-10-20(21)28)36-27(31)29-19-8-4-3-5-9-19/h3-13,16,24H,14-15,17H2,1-2H3,(H,30,33). The minimum atomic E-state index is -0.739. The van der Waals surface area contributed by atoms with E-state index in [1.807, 2.05) is 48.5 Å². The van der Waals surface area contributed by atoms with Crippen molar-refractivity contribution in [1.29, 1.82) is 0 Å². The van der Waals surface area contributed by atoms with E-state index in [2.05, 4.69) is 10.3 Å². The first-order chi connectivity index (χ1) is 17.5. The summed E-state index contributed by atoms with van der Waals surface area (Å²) in [6.45, 7) is 0.370. The number of para-hydroxylation sites is 2. The summed E-state index contributed by atoms with van der Waals surface area (Å²) in [6, 6.07) is 20.8. The second kappa shape index (κ2) is 11.7. The molecule has 36 heavy (non-hydrogen) atoms. The van der Waals surface area contributed by atoms with Gasteiger partial charge in [0.1, 0.15) is 11.1 Å². The van der Waals surface area contributed by atoms with Gasteiger partial charge in [0.25, 0.3) is 0 Å². The van der Waals surface area contributed by atoms with E-state index in [0.717, 1.165) is 5.56 Å². The molecule has 1 aliphatic rings. The number of amides is 2. The van der Waals surface area contributed by atoms with Gasteiger partial charge in [0, 0.05) is 13.0 Å². The maximum Gasteiger partial charge on any atom is 0.238 e. The molecule has 0 aromatic heterocycles. The fraction of sp³-hybridized carbons (Fsp3) is 0.222. The molecule has 0 bridgehead atoms. The second-order valence-corrected chi connectivity index (χ2v) is 9.16. The molecule has 1 unspecified atom stereocenters. The number of carbonyl (C=O) groups is 2. The topological polar surface area (TPSA) is 80.2 Å². The predicted octanol–water partition coefficient (Wildman–Crippen LogP) is 5.05. The Hall–Kier alpha value is -3.85. The van der Waals surface area contributed by atoms with Gasteiger partial charge in [-0.15, -0.1) is 0 Å². The van der Waals surface area contributed by atoms with Crippen LogP contribution in [0.15, 0.2) is 77.8 Å². The molecule has 1 atom stereocenters. The lowest BCUT2D eigenvalue weighted by atomic mass is 10.1. The Balaban J connectivity index is 1.54. The Morgan fingerprint density at radius 2 is 1.78 bits per heavy atom. The van der Waals surface area contributed by atoms with Crippen LogP contribution in [-0.4, -0.2) is 47.9 Å². The molecule has 0 radical (unpaired) electrons. The molecule has 0 saturated carbocycles. The van der Waals surface area contributed by atoms with Crippen LogP contribution in [0.3, 0.4) is 0 Å². The van der Waals surface area contributed by atoms with Crippen molar-refractivity contribution >= 4 is 40.1 Å². The van der Waals surface area contributed by atoms with Gasteiger partial charge >= 0.3 is 0 Å². The molecule has 1 saturated heterocycles. The number of ether oxygens (including phenoxy) is 2. The number of benzene rings is 3. The Morgan fingerprint density at radius 1 is 1.06 bits per heavy atom. The van der Waals surface area contributed by atoms with Crippen LogP contribution < -0.4 is 14.8 Å². The van der Waals surface area contributed by atoms with Crippen LogP contribution in [0.2, 0.25) is 0 Å². The highest BCUT2D eigenvalue weighted by molar-refractivity contribution is 8.15. The monoisotopic (exact) mass is 507 g/mol. The summed E-state index contributed by atoms with van der Waals surface area (Å²) in [4.78, 5) is 32.4. The highest BCUT2D eigenvalue weighted by Crippen LogP contribution is 2.31. The third-order valence-electron chi connectivity index (χ3n) is 5.62. The minimum Gasteiger partial charge on any atom is -0.493 e. The van der Waals surface area contributed by atoms with Crippen molar-refractivity contribution in [1.82, 2.24) is 4.90 Å². The summed E-state index contributed by atoms with van der Waals surface area (Å²) in [5.74, 6) is 0.0299. The van der Waals surface area contributed by atoms with Gasteiger partial charge < -0.3 is 14.8 Å². The molecule has 1 aliphatic heterocycles. The molecule has 4 rings (SSSR count). The maximum atomic E-state index is 14.0. The van der Waals surface area contributed by atoms with Gasteiger partial charge in [0.2, 0.25) is 11.8 Å². The highest BCUT2D eigenvalue weighted by Gasteiger charge is 2.36. The van der Waals surface area contributed by atoms with E-state index < -0.39 is 17.0 Å². The molecule has 1 heterocycles. The van der Waals surface area contributed by atoms with E-state index >= 15 is 0 Å². The number of anilines is 1. The number of nitrogens with zero attached hydrogens (tertiary/aromatic N) is 2. The normalized spacial score (nSPS) is 16.6. The van der Waals surface area contributed by atoms with E-state index in [0.29, 0.717) is 35.3 Å². The van der Waals surface area contributed by atoms with E-state index in [4.69, 9.17) is 9.47 Å². The second-order valence-electron chi connectivity index (χ2n) is 7.99. The first-order valence-corrected chi connectivity index (χ1v) is 12.2. The van der Waals surface area contributed by atoms with Crippen molar-refractivity contribution in [2.45, 2.75) is 18.1 Å². The number of amidine groups is 1. The van der Waals surface area contributed by atoms with E-state index in [1.165, 1.54) is 23.9 Å². The Morgan fingerprint density at radius 3 is 2.50 bits per heavy atom. The summed E-state index contributed by atoms with van der Waals surface area (Å²) in [6.07, 6.45) is 0.525. The first-order valence-electron chi connectivity index (χ1n) is 11.4. The van der Waals surface area contributed by atoms with E-state index in [9.17, 15) is 14.0 Å². The lowest BCUT2D eigenvalue weighted by Crippen LogP contribution is -2.46. The smallest absolute Gasteiger partial charge is 0.238 e. The average molecular weight is 508 g/mol. The highest BCUT2D eigenvalue weighted by atomic mass is 32.2. The number of hydrogen-bond acceptors (Lipinski definition) is 6. The van der Waals surface area contributed by atoms with Crippen molar-refractivity contribution in [3.63, 3.8) is 0 Å². The molecule has 1 fully saturated rings. The zero-order chi connectivity index (χ0) is 25.5. The lowest BCUT2D eigenvalue weighted by Gasteiger charge is -2.32. The quantitative estimate of drug-likeness (QED) is 0.462. The third kappa shape index (κ3) is 6.04. The number of hydrogen-bond donors (Lipinski definition) is 1. The van der Waals surface area contributed by atoms with E-state index in [1.54, 1.807) is 31.3 Å². The largest absolute Gasteiger partial charge is 0.493 e. The lowest BCUT2D eigenvalue weighted by molar-refractivity contribution is -0.129. The summed E-state index contributed by atoms with van der Waals surface area (Å²) in [7, 11) is 3.15. The number of methoxy groups -OCH3 is 2. The molecule has 0 spiro atoms. The number of thioether (sulfide) groups is 1. The molecule has 2 amide bonds. The number of nitrogens with one attached hydrogen (secondary N) is 1. The number of halogens is 1. The predicted molar refractivity (Wildman–Crippen MR) is 140 cm³/mol. The molecule has 3 aromatic rings. The Labute approximate surface area is 213 Å². The zero-order valence-corrected chi connectivity index (χ0v) is 20.8. The average Bonchev–Trinajstić information content (AvgIpc) is 2.89. The van der Waals surface area contributed by atoms with Gasteiger partial charge in [0.05, 0.1) is 25.6 Å². The number of carbonyl (C=O) groups excluding carboxylic acids is 2. The molecular formula is C27H26FN3O4S.